The number of benzene rings is 3. The summed E-state index contributed by atoms with van der Waals surface area (Å²) in [6, 6.07) is 20.3. The van der Waals surface area contributed by atoms with Crippen LogP contribution < -0.4 is 21.9 Å². The Kier molecular flexibility index (Phi) is 7.94. The van der Waals surface area contributed by atoms with Crippen LogP contribution in [0.3, 0.4) is 0 Å². The van der Waals surface area contributed by atoms with E-state index in [4.69, 9.17) is 10.5 Å². The van der Waals surface area contributed by atoms with Gasteiger partial charge in [0.1, 0.15) is 0 Å². The van der Waals surface area contributed by atoms with E-state index in [-0.39, 0.29) is 22.7 Å². The van der Waals surface area contributed by atoms with Gasteiger partial charge in [0.25, 0.3) is 17.4 Å². The third-order valence-corrected chi connectivity index (χ3v) is 7.95. The summed E-state index contributed by atoms with van der Waals surface area (Å²) >= 11 is 0. The average molecular weight is 580 g/mol. The predicted octanol–water partition coefficient (Wildman–Crippen LogP) is 5.54. The highest BCUT2D eigenvalue weighted by Gasteiger charge is 2.43. The van der Waals surface area contributed by atoms with Crippen LogP contribution in [0.15, 0.2) is 77.7 Å². The van der Waals surface area contributed by atoms with E-state index in [9.17, 15) is 14.4 Å². The third-order valence-electron chi connectivity index (χ3n) is 7.95. The molecule has 1 fully saturated rings. The van der Waals surface area contributed by atoms with Crippen LogP contribution >= 0.6 is 0 Å². The van der Waals surface area contributed by atoms with Gasteiger partial charge in [-0.05, 0) is 72.2 Å². The van der Waals surface area contributed by atoms with Gasteiger partial charge in [-0.1, -0.05) is 57.2 Å². The summed E-state index contributed by atoms with van der Waals surface area (Å²) in [5, 5.41) is 6.14. The van der Waals surface area contributed by atoms with Crippen molar-refractivity contribution in [2.45, 2.75) is 51.6 Å². The van der Waals surface area contributed by atoms with Crippen molar-refractivity contribution in [2.24, 2.45) is 12.8 Å². The number of aryl methyl sites for hydroxylation is 1. The molecule has 1 aromatic heterocycles. The lowest BCUT2D eigenvalue weighted by Crippen LogP contribution is -2.40. The number of anilines is 3. The summed E-state index contributed by atoms with van der Waals surface area (Å²) in [6.45, 7) is 8.75. The Morgan fingerprint density at radius 1 is 1.05 bits per heavy atom. The van der Waals surface area contributed by atoms with E-state index in [0.717, 1.165) is 23.1 Å². The van der Waals surface area contributed by atoms with Crippen molar-refractivity contribution in [2.75, 3.05) is 17.2 Å². The molecule has 1 atom stereocenters. The second kappa shape index (κ2) is 11.5. The van der Waals surface area contributed by atoms with Crippen LogP contribution in [-0.4, -0.2) is 28.0 Å². The van der Waals surface area contributed by atoms with E-state index in [1.807, 2.05) is 49.4 Å². The van der Waals surface area contributed by atoms with Crippen LogP contribution in [0.2, 0.25) is 0 Å². The van der Waals surface area contributed by atoms with Gasteiger partial charge in [0, 0.05) is 42.4 Å². The van der Waals surface area contributed by atoms with Crippen LogP contribution in [0.5, 0.6) is 0 Å². The summed E-state index contributed by atoms with van der Waals surface area (Å²) in [4.78, 5) is 43.2. The minimum atomic E-state index is -1.19. The lowest BCUT2D eigenvalue weighted by Gasteiger charge is -2.25. The summed E-state index contributed by atoms with van der Waals surface area (Å²) in [7, 11) is 1.66. The Balaban J connectivity index is 1.43. The van der Waals surface area contributed by atoms with Crippen LogP contribution in [-0.2, 0) is 27.6 Å². The van der Waals surface area contributed by atoms with Crippen molar-refractivity contribution in [1.29, 1.82) is 0 Å². The maximum absolute atomic E-state index is 13.1. The van der Waals surface area contributed by atoms with Crippen LogP contribution in [0.25, 0.3) is 11.3 Å². The van der Waals surface area contributed by atoms with Gasteiger partial charge in [0.05, 0.1) is 5.69 Å². The number of hydrogen-bond acceptors (Lipinski definition) is 6. The molecule has 1 aliphatic heterocycles. The van der Waals surface area contributed by atoms with Gasteiger partial charge in [-0.3, -0.25) is 14.4 Å². The van der Waals surface area contributed by atoms with Crippen LogP contribution in [0.4, 0.5) is 17.2 Å². The molecular formula is C34H37N5O4. The Morgan fingerprint density at radius 2 is 1.77 bits per heavy atom. The number of aromatic nitrogens is 2. The first kappa shape index (κ1) is 29.7. The molecule has 9 heteroatoms. The van der Waals surface area contributed by atoms with Crippen molar-refractivity contribution in [3.8, 4) is 11.3 Å². The quantitative estimate of drug-likeness (QED) is 0.264. The summed E-state index contributed by atoms with van der Waals surface area (Å²) in [5.74, 6) is -0.635. The van der Waals surface area contributed by atoms with E-state index in [0.29, 0.717) is 41.2 Å². The monoisotopic (exact) mass is 579 g/mol. The maximum Gasteiger partial charge on any atom is 0.293 e. The molecule has 1 saturated heterocycles. The largest absolute Gasteiger partial charge is 0.367 e. The smallest absolute Gasteiger partial charge is 0.293 e. The number of nitrogens with zero attached hydrogens (tertiary/aromatic N) is 2. The van der Waals surface area contributed by atoms with Crippen molar-refractivity contribution >= 4 is 29.0 Å². The molecule has 4 N–H and O–H groups in total. The summed E-state index contributed by atoms with van der Waals surface area (Å²) < 4.78 is 7.26. The molecule has 1 unspecified atom stereocenters. The lowest BCUT2D eigenvalue weighted by atomic mass is 9.86. The topological polar surface area (TPSA) is 128 Å². The van der Waals surface area contributed by atoms with Gasteiger partial charge in [-0.15, -0.1) is 0 Å². The zero-order chi connectivity index (χ0) is 30.9. The van der Waals surface area contributed by atoms with Gasteiger partial charge in [0.15, 0.2) is 11.4 Å². The summed E-state index contributed by atoms with van der Waals surface area (Å²) in [6.07, 6.45) is 2.89. The zero-order valence-electron chi connectivity index (χ0n) is 25.2. The molecule has 1 aliphatic rings. The highest BCUT2D eigenvalue weighted by atomic mass is 16.5. The fourth-order valence-corrected chi connectivity index (χ4v) is 5.37. The Labute approximate surface area is 251 Å². The number of rotatable bonds is 7. The first-order chi connectivity index (χ1) is 20.4. The fourth-order valence-electron chi connectivity index (χ4n) is 5.37. The lowest BCUT2D eigenvalue weighted by molar-refractivity contribution is -0.139. The van der Waals surface area contributed by atoms with E-state index in [1.165, 1.54) is 4.57 Å². The van der Waals surface area contributed by atoms with Crippen molar-refractivity contribution < 1.29 is 14.3 Å². The second-order valence-corrected chi connectivity index (χ2v) is 12.0. The van der Waals surface area contributed by atoms with Crippen LogP contribution in [0, 0.1) is 6.92 Å². The number of primary amides is 1. The standard InChI is InChI=1S/C34H37N5O4/c1-21-26(11-7-12-27(21)38-30(40)22-13-15-23(16-14-22)33(2,3)4)28-20-39(5)31(41)29(37-28)36-25-10-6-9-24(19-25)34(32(35)42)17-8-18-43-34/h6-7,9-16,19-20H,8,17-18H2,1-5H3,(H2,35,42)(H,36,37)(H,38,40). The van der Waals surface area contributed by atoms with Gasteiger partial charge in [-0.2, -0.15) is 0 Å². The molecule has 5 rings (SSSR count). The van der Waals surface area contributed by atoms with Crippen molar-refractivity contribution in [3.05, 3.63) is 106 Å². The number of ether oxygens (including phenoxy) is 1. The first-order valence-corrected chi connectivity index (χ1v) is 14.3. The molecule has 0 bridgehead atoms. The van der Waals surface area contributed by atoms with Crippen molar-refractivity contribution in [3.63, 3.8) is 0 Å². The average Bonchev–Trinajstić information content (AvgIpc) is 3.48. The number of carbonyl (C=O) groups excluding carboxylic acids is 2. The maximum atomic E-state index is 13.1. The number of amides is 2. The number of carbonyl (C=O) groups is 2. The fraction of sp³-hybridized carbons (Fsp3) is 0.294. The van der Waals surface area contributed by atoms with E-state index in [2.05, 4.69) is 36.4 Å². The molecule has 9 nitrogen and oxygen atoms in total. The molecule has 2 amide bonds. The van der Waals surface area contributed by atoms with Gasteiger partial charge in [-0.25, -0.2) is 4.98 Å². The molecule has 2 heterocycles. The SMILES string of the molecule is Cc1c(NC(=O)c2ccc(C(C)(C)C)cc2)cccc1-c1cn(C)c(=O)c(Nc2cccc(C3(C(N)=O)CCCO3)c2)n1. The van der Waals surface area contributed by atoms with Gasteiger partial charge >= 0.3 is 0 Å². The minimum Gasteiger partial charge on any atom is -0.367 e. The molecule has 3 aromatic carbocycles. The number of nitrogens with two attached hydrogens (primary N) is 1. The van der Waals surface area contributed by atoms with Gasteiger partial charge < -0.3 is 25.7 Å². The van der Waals surface area contributed by atoms with E-state index in [1.54, 1.807) is 37.5 Å². The Hall–Kier alpha value is -4.76. The van der Waals surface area contributed by atoms with E-state index >= 15 is 0 Å². The number of nitrogens with one attached hydrogen (secondary N) is 2. The first-order valence-electron chi connectivity index (χ1n) is 14.3. The zero-order valence-corrected chi connectivity index (χ0v) is 25.2. The Morgan fingerprint density at radius 3 is 2.42 bits per heavy atom. The molecule has 0 radical (unpaired) electrons. The molecule has 4 aromatic rings. The van der Waals surface area contributed by atoms with E-state index < -0.39 is 11.5 Å². The highest BCUT2D eigenvalue weighted by Crippen LogP contribution is 2.37. The highest BCUT2D eigenvalue weighted by molar-refractivity contribution is 6.05. The van der Waals surface area contributed by atoms with Crippen molar-refractivity contribution in [1.82, 2.24) is 9.55 Å². The summed E-state index contributed by atoms with van der Waals surface area (Å²) in [5.41, 5.74) is 9.91. The molecular weight excluding hydrogens is 542 g/mol. The second-order valence-electron chi connectivity index (χ2n) is 12.0. The molecule has 0 saturated carbocycles. The third kappa shape index (κ3) is 5.94. The molecule has 0 spiro atoms. The predicted molar refractivity (Wildman–Crippen MR) is 169 cm³/mol. The number of hydrogen-bond donors (Lipinski definition) is 3. The van der Waals surface area contributed by atoms with Gasteiger partial charge in [0.2, 0.25) is 0 Å². The normalized spacial score (nSPS) is 16.6. The minimum absolute atomic E-state index is 0.00470. The molecule has 43 heavy (non-hydrogen) atoms. The van der Waals surface area contributed by atoms with Crippen LogP contribution in [0.1, 0.15) is 60.7 Å². The molecule has 0 aliphatic carbocycles. The molecule has 222 valence electrons. The Bertz CT molecular complexity index is 1750.